The Morgan fingerprint density at radius 1 is 1.62 bits per heavy atom. The molecule has 0 spiro atoms. The van der Waals surface area contributed by atoms with E-state index in [1.54, 1.807) is 11.2 Å². The van der Waals surface area contributed by atoms with E-state index in [-0.39, 0.29) is 11.8 Å². The van der Waals surface area contributed by atoms with E-state index in [2.05, 4.69) is 0 Å². The highest BCUT2D eigenvalue weighted by Gasteiger charge is 2.31. The van der Waals surface area contributed by atoms with Gasteiger partial charge in [-0.25, -0.2) is 12.7 Å². The predicted octanol–water partition coefficient (Wildman–Crippen LogP) is 0.00520. The average molecular weight is 206 g/mol. The van der Waals surface area contributed by atoms with Crippen LogP contribution in [0.3, 0.4) is 0 Å². The van der Waals surface area contributed by atoms with Crippen molar-refractivity contribution >= 4 is 10.0 Å². The number of nitrogens with zero attached hydrogens (tertiary/aromatic N) is 1. The van der Waals surface area contributed by atoms with Gasteiger partial charge < -0.3 is 5.73 Å². The lowest BCUT2D eigenvalue weighted by Gasteiger charge is -2.16. The molecule has 1 heterocycles. The topological polar surface area (TPSA) is 63.4 Å². The van der Waals surface area contributed by atoms with Crippen molar-refractivity contribution in [3.05, 3.63) is 0 Å². The molecule has 0 aromatic heterocycles. The van der Waals surface area contributed by atoms with Crippen LogP contribution in [-0.2, 0) is 10.0 Å². The van der Waals surface area contributed by atoms with Crippen molar-refractivity contribution in [2.45, 2.75) is 26.3 Å². The molecule has 1 aliphatic rings. The van der Waals surface area contributed by atoms with Crippen LogP contribution in [0.4, 0.5) is 0 Å². The van der Waals surface area contributed by atoms with E-state index in [0.717, 1.165) is 6.42 Å². The highest BCUT2D eigenvalue weighted by molar-refractivity contribution is 7.89. The van der Waals surface area contributed by atoms with Crippen molar-refractivity contribution < 1.29 is 8.42 Å². The van der Waals surface area contributed by atoms with Gasteiger partial charge in [-0.2, -0.15) is 0 Å². The molecule has 2 unspecified atom stereocenters. The van der Waals surface area contributed by atoms with Crippen molar-refractivity contribution in [1.82, 2.24) is 4.31 Å². The normalized spacial score (nSPS) is 27.8. The molecule has 1 rings (SSSR count). The first-order valence-corrected chi connectivity index (χ1v) is 6.31. The molecule has 1 fully saturated rings. The lowest BCUT2D eigenvalue weighted by molar-refractivity contribution is 0.429. The highest BCUT2D eigenvalue weighted by atomic mass is 32.2. The molecule has 0 aromatic carbocycles. The third-order valence-electron chi connectivity index (χ3n) is 2.69. The Morgan fingerprint density at radius 2 is 2.23 bits per heavy atom. The first-order chi connectivity index (χ1) is 5.97. The maximum Gasteiger partial charge on any atom is 0.213 e. The van der Waals surface area contributed by atoms with Crippen molar-refractivity contribution in [2.24, 2.45) is 11.7 Å². The Morgan fingerprint density at radius 3 is 2.62 bits per heavy atom. The fourth-order valence-electron chi connectivity index (χ4n) is 1.62. The van der Waals surface area contributed by atoms with E-state index < -0.39 is 10.0 Å². The van der Waals surface area contributed by atoms with Crippen molar-refractivity contribution in [2.75, 3.05) is 18.8 Å². The van der Waals surface area contributed by atoms with E-state index in [4.69, 9.17) is 5.73 Å². The van der Waals surface area contributed by atoms with Crippen LogP contribution in [0, 0.1) is 5.92 Å². The minimum absolute atomic E-state index is 0.0945. The van der Waals surface area contributed by atoms with E-state index in [1.807, 2.05) is 6.92 Å². The van der Waals surface area contributed by atoms with E-state index >= 15 is 0 Å². The molecule has 2 atom stereocenters. The Hall–Kier alpha value is -0.130. The smallest absolute Gasteiger partial charge is 0.213 e. The Bertz CT molecular complexity index is 261. The van der Waals surface area contributed by atoms with Gasteiger partial charge in [0.05, 0.1) is 5.75 Å². The fourth-order valence-corrected chi connectivity index (χ4v) is 2.79. The Kier molecular flexibility index (Phi) is 3.32. The third-order valence-corrected chi connectivity index (χ3v) is 4.54. The highest BCUT2D eigenvalue weighted by Crippen LogP contribution is 2.21. The molecule has 0 saturated carbocycles. The molecule has 5 heteroatoms. The van der Waals surface area contributed by atoms with Gasteiger partial charge in [0.15, 0.2) is 0 Å². The quantitative estimate of drug-likeness (QED) is 0.707. The second-order valence-electron chi connectivity index (χ2n) is 3.67. The van der Waals surface area contributed by atoms with Gasteiger partial charge >= 0.3 is 0 Å². The number of rotatable bonds is 3. The van der Waals surface area contributed by atoms with E-state index in [0.29, 0.717) is 19.0 Å². The van der Waals surface area contributed by atoms with Gasteiger partial charge in [-0.3, -0.25) is 0 Å². The fraction of sp³-hybridized carbons (Fsp3) is 1.00. The standard InChI is InChI=1S/C8H18N2O2S/c1-3-13(11,12)10-5-4-8(6-10)7(2)9/h7-8H,3-6,9H2,1-2H3. The molecule has 4 nitrogen and oxygen atoms in total. The molecular formula is C8H18N2O2S. The second kappa shape index (κ2) is 3.94. The maximum absolute atomic E-state index is 11.5. The summed E-state index contributed by atoms with van der Waals surface area (Å²) in [6.07, 6.45) is 0.900. The van der Waals surface area contributed by atoms with Gasteiger partial charge in [0.2, 0.25) is 10.0 Å². The molecule has 0 radical (unpaired) electrons. The van der Waals surface area contributed by atoms with Crippen LogP contribution < -0.4 is 5.73 Å². The van der Waals surface area contributed by atoms with Crippen molar-refractivity contribution in [3.8, 4) is 0 Å². The summed E-state index contributed by atoms with van der Waals surface area (Å²) in [5.41, 5.74) is 5.72. The van der Waals surface area contributed by atoms with Gasteiger partial charge in [0.1, 0.15) is 0 Å². The van der Waals surface area contributed by atoms with Crippen LogP contribution in [-0.4, -0.2) is 37.6 Å². The minimum Gasteiger partial charge on any atom is -0.328 e. The first kappa shape index (κ1) is 10.9. The average Bonchev–Trinajstić information content (AvgIpc) is 2.52. The summed E-state index contributed by atoms with van der Waals surface area (Å²) in [5.74, 6) is 0.528. The predicted molar refractivity (Wildman–Crippen MR) is 52.8 cm³/mol. The third kappa shape index (κ3) is 2.42. The van der Waals surface area contributed by atoms with Crippen LogP contribution in [0.2, 0.25) is 0 Å². The maximum atomic E-state index is 11.5. The van der Waals surface area contributed by atoms with E-state index in [1.165, 1.54) is 0 Å². The summed E-state index contributed by atoms with van der Waals surface area (Å²) in [4.78, 5) is 0. The summed E-state index contributed by atoms with van der Waals surface area (Å²) < 4.78 is 24.5. The van der Waals surface area contributed by atoms with E-state index in [9.17, 15) is 8.42 Å². The Labute approximate surface area is 80.1 Å². The van der Waals surface area contributed by atoms with Crippen LogP contribution in [0.25, 0.3) is 0 Å². The molecule has 0 aromatic rings. The zero-order chi connectivity index (χ0) is 10.1. The van der Waals surface area contributed by atoms with Crippen molar-refractivity contribution in [1.29, 1.82) is 0 Å². The molecule has 1 aliphatic heterocycles. The summed E-state index contributed by atoms with van der Waals surface area (Å²) >= 11 is 0. The van der Waals surface area contributed by atoms with Gasteiger partial charge in [-0.15, -0.1) is 0 Å². The van der Waals surface area contributed by atoms with Crippen LogP contribution >= 0.6 is 0 Å². The SMILES string of the molecule is CCS(=O)(=O)N1CCC(C(C)N)C1. The molecule has 13 heavy (non-hydrogen) atoms. The number of nitrogens with two attached hydrogens (primary N) is 1. The number of hydrogen-bond acceptors (Lipinski definition) is 3. The van der Waals surface area contributed by atoms with Crippen LogP contribution in [0.1, 0.15) is 20.3 Å². The molecule has 2 N–H and O–H groups in total. The molecule has 1 saturated heterocycles. The number of hydrogen-bond donors (Lipinski definition) is 1. The summed E-state index contributed by atoms with van der Waals surface area (Å²) in [6, 6.07) is 0.0945. The monoisotopic (exact) mass is 206 g/mol. The van der Waals surface area contributed by atoms with Crippen LogP contribution in [0.5, 0.6) is 0 Å². The van der Waals surface area contributed by atoms with Gasteiger partial charge in [-0.05, 0) is 26.2 Å². The number of sulfonamides is 1. The summed E-state index contributed by atoms with van der Waals surface area (Å²) in [5, 5.41) is 0. The van der Waals surface area contributed by atoms with Gasteiger partial charge in [0.25, 0.3) is 0 Å². The zero-order valence-corrected chi connectivity index (χ0v) is 9.05. The first-order valence-electron chi connectivity index (χ1n) is 4.70. The zero-order valence-electron chi connectivity index (χ0n) is 8.23. The lowest BCUT2D eigenvalue weighted by atomic mass is 10.0. The molecular weight excluding hydrogens is 188 g/mol. The largest absolute Gasteiger partial charge is 0.328 e. The molecule has 78 valence electrons. The van der Waals surface area contributed by atoms with Crippen molar-refractivity contribution in [3.63, 3.8) is 0 Å². The Balaban J connectivity index is 2.60. The molecule has 0 aliphatic carbocycles. The van der Waals surface area contributed by atoms with Gasteiger partial charge in [0, 0.05) is 19.1 Å². The second-order valence-corrected chi connectivity index (χ2v) is 5.92. The lowest BCUT2D eigenvalue weighted by Crippen LogP contribution is -2.33. The molecule has 0 amide bonds. The minimum atomic E-state index is -2.99. The summed E-state index contributed by atoms with van der Waals surface area (Å²) in [7, 11) is -2.99. The molecule has 0 bridgehead atoms. The summed E-state index contributed by atoms with van der Waals surface area (Å²) in [6.45, 7) is 4.86. The van der Waals surface area contributed by atoms with Crippen LogP contribution in [0.15, 0.2) is 0 Å². The van der Waals surface area contributed by atoms with Gasteiger partial charge in [-0.1, -0.05) is 0 Å².